The van der Waals surface area contributed by atoms with Gasteiger partial charge in [-0.25, -0.2) is 0 Å². The maximum Gasteiger partial charge on any atom is 0.204 e. The summed E-state index contributed by atoms with van der Waals surface area (Å²) in [6.45, 7) is 1.98. The van der Waals surface area contributed by atoms with Gasteiger partial charge in [0.1, 0.15) is 6.04 Å². The van der Waals surface area contributed by atoms with Crippen molar-refractivity contribution in [3.05, 3.63) is 30.3 Å². The second kappa shape index (κ2) is 5.01. The Kier molecular flexibility index (Phi) is 3.43. The van der Waals surface area contributed by atoms with Crippen molar-refractivity contribution >= 4 is 17.2 Å². The molecular weight excluding hydrogens is 234 g/mol. The van der Waals surface area contributed by atoms with E-state index in [0.29, 0.717) is 10.8 Å². The molecule has 1 atom stereocenters. The highest BCUT2D eigenvalue weighted by Gasteiger charge is 2.15. The first-order valence-electron chi connectivity index (χ1n) is 5.36. The van der Waals surface area contributed by atoms with E-state index in [1.807, 2.05) is 37.3 Å². The maximum absolute atomic E-state index is 5.63. The molecule has 5 nitrogen and oxygen atoms in total. The Bertz CT molecular complexity index is 508. The van der Waals surface area contributed by atoms with Gasteiger partial charge in [-0.3, -0.25) is 0 Å². The van der Waals surface area contributed by atoms with Gasteiger partial charge in [0.15, 0.2) is 0 Å². The molecule has 0 aliphatic carbocycles. The lowest BCUT2D eigenvalue weighted by Gasteiger charge is -2.10. The van der Waals surface area contributed by atoms with Gasteiger partial charge in [0, 0.05) is 5.56 Å². The van der Waals surface area contributed by atoms with Gasteiger partial charge >= 0.3 is 0 Å². The summed E-state index contributed by atoms with van der Waals surface area (Å²) in [7, 11) is 0. The molecule has 88 valence electrons. The zero-order valence-electron chi connectivity index (χ0n) is 9.45. The van der Waals surface area contributed by atoms with Crippen LogP contribution in [0.15, 0.2) is 30.3 Å². The van der Waals surface area contributed by atoms with Crippen molar-refractivity contribution in [2.75, 3.05) is 0 Å². The van der Waals surface area contributed by atoms with Crippen LogP contribution >= 0.6 is 12.2 Å². The summed E-state index contributed by atoms with van der Waals surface area (Å²) < 4.78 is 0. The maximum atomic E-state index is 5.63. The van der Waals surface area contributed by atoms with Crippen LogP contribution in [0, 0.1) is 0 Å². The average molecular weight is 247 g/mol. The van der Waals surface area contributed by atoms with Gasteiger partial charge in [-0.05, 0) is 11.6 Å². The van der Waals surface area contributed by atoms with Crippen LogP contribution < -0.4 is 5.73 Å². The Balaban J connectivity index is 2.30. The van der Waals surface area contributed by atoms with Crippen LogP contribution in [0.25, 0.3) is 11.4 Å². The number of benzene rings is 1. The first-order valence-corrected chi connectivity index (χ1v) is 5.77. The first kappa shape index (κ1) is 11.7. The lowest BCUT2D eigenvalue weighted by atomic mass is 10.2. The van der Waals surface area contributed by atoms with E-state index >= 15 is 0 Å². The number of tetrazole rings is 1. The lowest BCUT2D eigenvalue weighted by Crippen LogP contribution is -2.26. The summed E-state index contributed by atoms with van der Waals surface area (Å²) in [4.78, 5) is 1.86. The van der Waals surface area contributed by atoms with Crippen LogP contribution in [0.2, 0.25) is 0 Å². The van der Waals surface area contributed by atoms with E-state index in [-0.39, 0.29) is 6.04 Å². The van der Waals surface area contributed by atoms with Gasteiger partial charge in [-0.1, -0.05) is 49.5 Å². The SMILES string of the molecule is CCC(C(N)=S)n1nnc(-c2ccccc2)n1. The zero-order chi connectivity index (χ0) is 12.3. The molecule has 2 aromatic rings. The van der Waals surface area contributed by atoms with E-state index in [1.165, 1.54) is 4.80 Å². The molecule has 0 aliphatic heterocycles. The minimum atomic E-state index is -0.171. The normalized spacial score (nSPS) is 12.3. The molecule has 0 radical (unpaired) electrons. The minimum Gasteiger partial charge on any atom is -0.391 e. The fourth-order valence-electron chi connectivity index (χ4n) is 1.54. The van der Waals surface area contributed by atoms with E-state index in [0.717, 1.165) is 12.0 Å². The largest absolute Gasteiger partial charge is 0.391 e. The fraction of sp³-hybridized carbons (Fsp3) is 0.273. The van der Waals surface area contributed by atoms with Gasteiger partial charge in [-0.2, -0.15) is 4.80 Å². The average Bonchev–Trinajstić information content (AvgIpc) is 2.80. The molecule has 0 saturated heterocycles. The quantitative estimate of drug-likeness (QED) is 0.831. The molecule has 0 fully saturated rings. The molecule has 0 spiro atoms. The number of nitrogens with two attached hydrogens (primary N) is 1. The molecule has 2 N–H and O–H groups in total. The minimum absolute atomic E-state index is 0.171. The van der Waals surface area contributed by atoms with Crippen molar-refractivity contribution in [2.45, 2.75) is 19.4 Å². The number of thiocarbonyl (C=S) groups is 1. The Morgan fingerprint density at radius 1 is 1.41 bits per heavy atom. The van der Waals surface area contributed by atoms with Gasteiger partial charge < -0.3 is 5.73 Å². The summed E-state index contributed by atoms with van der Waals surface area (Å²) >= 11 is 4.97. The molecule has 1 aromatic heterocycles. The van der Waals surface area contributed by atoms with Crippen LogP contribution in [-0.4, -0.2) is 25.2 Å². The molecule has 1 aromatic carbocycles. The standard InChI is InChI=1S/C11H13N5S/c1-2-9(10(12)17)16-14-11(13-15-16)8-6-4-3-5-7-8/h3-7,9H,2H2,1H3,(H2,12,17). The number of hydrogen-bond donors (Lipinski definition) is 1. The Labute approximate surface area is 105 Å². The fourth-order valence-corrected chi connectivity index (χ4v) is 1.80. The third-order valence-electron chi connectivity index (χ3n) is 2.45. The first-order chi connectivity index (χ1) is 8.22. The van der Waals surface area contributed by atoms with E-state index in [4.69, 9.17) is 18.0 Å². The van der Waals surface area contributed by atoms with E-state index in [1.54, 1.807) is 0 Å². The Morgan fingerprint density at radius 3 is 2.71 bits per heavy atom. The van der Waals surface area contributed by atoms with Crippen LogP contribution in [0.5, 0.6) is 0 Å². The number of rotatable bonds is 4. The van der Waals surface area contributed by atoms with Gasteiger partial charge in [0.25, 0.3) is 0 Å². The smallest absolute Gasteiger partial charge is 0.204 e. The van der Waals surface area contributed by atoms with Gasteiger partial charge in [0.2, 0.25) is 5.82 Å². The van der Waals surface area contributed by atoms with Crippen molar-refractivity contribution in [1.82, 2.24) is 20.2 Å². The summed E-state index contributed by atoms with van der Waals surface area (Å²) in [5.41, 5.74) is 6.56. The predicted molar refractivity (Wildman–Crippen MR) is 69.4 cm³/mol. The Hall–Kier alpha value is -1.82. The van der Waals surface area contributed by atoms with Crippen LogP contribution in [0.4, 0.5) is 0 Å². The molecule has 2 rings (SSSR count). The van der Waals surface area contributed by atoms with E-state index in [9.17, 15) is 0 Å². The molecule has 1 unspecified atom stereocenters. The van der Waals surface area contributed by atoms with Crippen molar-refractivity contribution in [3.8, 4) is 11.4 Å². The molecule has 17 heavy (non-hydrogen) atoms. The second-order valence-corrected chi connectivity index (χ2v) is 4.10. The number of aromatic nitrogens is 4. The molecule has 0 bridgehead atoms. The molecular formula is C11H13N5S. The van der Waals surface area contributed by atoms with E-state index in [2.05, 4.69) is 15.4 Å². The molecule has 0 amide bonds. The van der Waals surface area contributed by atoms with Crippen molar-refractivity contribution in [1.29, 1.82) is 0 Å². The number of nitrogens with zero attached hydrogens (tertiary/aromatic N) is 4. The summed E-state index contributed by atoms with van der Waals surface area (Å²) in [5.74, 6) is 0.584. The van der Waals surface area contributed by atoms with Gasteiger partial charge in [0.05, 0.1) is 4.99 Å². The highest BCUT2D eigenvalue weighted by molar-refractivity contribution is 7.80. The summed E-state index contributed by atoms with van der Waals surface area (Å²) in [6.07, 6.45) is 0.750. The van der Waals surface area contributed by atoms with Crippen molar-refractivity contribution in [3.63, 3.8) is 0 Å². The predicted octanol–water partition coefficient (Wildman–Crippen LogP) is 1.58. The topological polar surface area (TPSA) is 69.6 Å². The highest BCUT2D eigenvalue weighted by atomic mass is 32.1. The van der Waals surface area contributed by atoms with Crippen molar-refractivity contribution in [2.24, 2.45) is 5.73 Å². The number of hydrogen-bond acceptors (Lipinski definition) is 4. The summed E-state index contributed by atoms with van der Waals surface area (Å²) in [5, 5.41) is 12.3. The van der Waals surface area contributed by atoms with Crippen molar-refractivity contribution < 1.29 is 0 Å². The van der Waals surface area contributed by atoms with Crippen LogP contribution in [0.1, 0.15) is 19.4 Å². The Morgan fingerprint density at radius 2 is 2.12 bits per heavy atom. The third kappa shape index (κ3) is 2.47. The summed E-state index contributed by atoms with van der Waals surface area (Å²) in [6, 6.07) is 9.50. The lowest BCUT2D eigenvalue weighted by molar-refractivity contribution is 0.476. The molecule has 1 heterocycles. The van der Waals surface area contributed by atoms with Crippen LogP contribution in [0.3, 0.4) is 0 Å². The van der Waals surface area contributed by atoms with Crippen LogP contribution in [-0.2, 0) is 0 Å². The second-order valence-electron chi connectivity index (χ2n) is 3.63. The monoisotopic (exact) mass is 247 g/mol. The highest BCUT2D eigenvalue weighted by Crippen LogP contribution is 2.14. The van der Waals surface area contributed by atoms with E-state index < -0.39 is 0 Å². The molecule has 0 aliphatic rings. The molecule has 0 saturated carbocycles. The molecule has 6 heteroatoms. The third-order valence-corrected chi connectivity index (χ3v) is 2.73. The zero-order valence-corrected chi connectivity index (χ0v) is 10.3. The van der Waals surface area contributed by atoms with Gasteiger partial charge in [-0.15, -0.1) is 10.2 Å².